The SMILES string of the molecule is C[C@H](CO)NCc1ccc2c(c1)nc(NC(=O)c1ccc(-c3ccnc(F)c3)s1)n2C[C@H]1CCCN1C(=O)C(C#N)=CC1(C)CC1. The highest BCUT2D eigenvalue weighted by atomic mass is 32.1. The van der Waals surface area contributed by atoms with Crippen LogP contribution >= 0.6 is 11.3 Å². The van der Waals surface area contributed by atoms with Gasteiger partial charge in [0, 0.05) is 42.8 Å². The number of carbonyl (C=O) groups excluding carboxylic acids is 2. The van der Waals surface area contributed by atoms with E-state index >= 15 is 0 Å². The maximum absolute atomic E-state index is 13.7. The summed E-state index contributed by atoms with van der Waals surface area (Å²) < 4.78 is 15.6. The van der Waals surface area contributed by atoms with Crippen molar-refractivity contribution in [2.75, 3.05) is 18.5 Å². The van der Waals surface area contributed by atoms with E-state index in [9.17, 15) is 24.3 Å². The van der Waals surface area contributed by atoms with Gasteiger partial charge in [-0.25, -0.2) is 9.97 Å². The van der Waals surface area contributed by atoms with E-state index < -0.39 is 5.95 Å². The molecule has 4 heterocycles. The van der Waals surface area contributed by atoms with Gasteiger partial charge in [-0.2, -0.15) is 9.65 Å². The molecule has 238 valence electrons. The summed E-state index contributed by atoms with van der Waals surface area (Å²) in [7, 11) is 0. The number of rotatable bonds is 11. The summed E-state index contributed by atoms with van der Waals surface area (Å²) in [5, 5.41) is 25.5. The van der Waals surface area contributed by atoms with Gasteiger partial charge in [-0.3, -0.25) is 14.9 Å². The van der Waals surface area contributed by atoms with Crippen molar-refractivity contribution in [3.05, 3.63) is 76.7 Å². The number of fused-ring (bicyclic) bond motifs is 1. The minimum atomic E-state index is -0.593. The molecule has 3 aromatic heterocycles. The zero-order chi connectivity index (χ0) is 32.4. The number of pyridine rings is 1. The Kier molecular flexibility index (Phi) is 8.99. The molecule has 2 fully saturated rings. The number of allylic oxidation sites excluding steroid dienone is 1. The molecule has 2 amide bonds. The molecule has 0 bridgehead atoms. The largest absolute Gasteiger partial charge is 0.395 e. The number of nitriles is 1. The van der Waals surface area contributed by atoms with E-state index in [4.69, 9.17) is 4.98 Å². The summed E-state index contributed by atoms with van der Waals surface area (Å²) >= 11 is 1.24. The summed E-state index contributed by atoms with van der Waals surface area (Å²) in [5.74, 6) is -0.852. The second-order valence-corrected chi connectivity index (χ2v) is 13.5. The molecule has 6 rings (SSSR count). The van der Waals surface area contributed by atoms with Gasteiger partial charge in [-0.05, 0) is 79.5 Å². The number of hydrogen-bond donors (Lipinski definition) is 3. The van der Waals surface area contributed by atoms with Crippen molar-refractivity contribution in [1.29, 1.82) is 5.26 Å². The van der Waals surface area contributed by atoms with Crippen molar-refractivity contribution in [2.24, 2.45) is 5.41 Å². The van der Waals surface area contributed by atoms with E-state index in [0.717, 1.165) is 41.6 Å². The number of nitrogens with zero attached hydrogens (tertiary/aromatic N) is 5. The molecule has 2 atom stereocenters. The lowest BCUT2D eigenvalue weighted by Gasteiger charge is -2.26. The maximum Gasteiger partial charge on any atom is 0.268 e. The van der Waals surface area contributed by atoms with E-state index in [2.05, 4.69) is 28.6 Å². The maximum atomic E-state index is 13.7. The summed E-state index contributed by atoms with van der Waals surface area (Å²) in [4.78, 5) is 38.5. The first-order valence-corrected chi connectivity index (χ1v) is 16.3. The predicted molar refractivity (Wildman–Crippen MR) is 174 cm³/mol. The number of halogens is 1. The number of carbonyl (C=O) groups is 2. The van der Waals surface area contributed by atoms with Crippen LogP contribution < -0.4 is 10.6 Å². The van der Waals surface area contributed by atoms with Crippen molar-refractivity contribution in [3.8, 4) is 16.5 Å². The third kappa shape index (κ3) is 6.87. The van der Waals surface area contributed by atoms with E-state index in [1.807, 2.05) is 35.8 Å². The number of hydrogen-bond acceptors (Lipinski definition) is 8. The van der Waals surface area contributed by atoms with E-state index in [1.54, 1.807) is 23.1 Å². The summed E-state index contributed by atoms with van der Waals surface area (Å²) in [6.07, 6.45) is 6.73. The summed E-state index contributed by atoms with van der Waals surface area (Å²) in [5.41, 5.74) is 3.19. The first kappa shape index (κ1) is 31.5. The van der Waals surface area contributed by atoms with Crippen molar-refractivity contribution >= 4 is 40.1 Å². The average molecular weight is 642 g/mol. The normalized spacial score (nSPS) is 18.0. The molecule has 0 radical (unpaired) electrons. The number of anilines is 1. The van der Waals surface area contributed by atoms with Crippen LogP contribution in [0.2, 0.25) is 0 Å². The smallest absolute Gasteiger partial charge is 0.268 e. The molecule has 10 nitrogen and oxygen atoms in total. The molecule has 0 spiro atoms. The second-order valence-electron chi connectivity index (χ2n) is 12.4. The molecule has 46 heavy (non-hydrogen) atoms. The van der Waals surface area contributed by atoms with Crippen LogP contribution in [0.25, 0.3) is 21.5 Å². The van der Waals surface area contributed by atoms with Crippen molar-refractivity contribution in [2.45, 2.75) is 64.7 Å². The fourth-order valence-electron chi connectivity index (χ4n) is 5.75. The number of imidazole rings is 1. The third-order valence-corrected chi connectivity index (χ3v) is 9.85. The number of nitrogens with one attached hydrogen (secondary N) is 2. The Bertz CT molecular complexity index is 1850. The van der Waals surface area contributed by atoms with Crippen molar-refractivity contribution < 1.29 is 19.1 Å². The molecule has 2 aliphatic rings. The van der Waals surface area contributed by atoms with Crippen LogP contribution in [0.3, 0.4) is 0 Å². The van der Waals surface area contributed by atoms with Gasteiger partial charge in [0.2, 0.25) is 11.9 Å². The predicted octanol–water partition coefficient (Wildman–Crippen LogP) is 5.26. The number of aromatic nitrogens is 3. The minimum Gasteiger partial charge on any atom is -0.395 e. The monoisotopic (exact) mass is 641 g/mol. The number of likely N-dealkylation sites (tertiary alicyclic amines) is 1. The number of aliphatic hydroxyl groups is 1. The average Bonchev–Trinajstić information content (AvgIpc) is 3.42. The molecule has 3 N–H and O–H groups in total. The Morgan fingerprint density at radius 2 is 2.09 bits per heavy atom. The topological polar surface area (TPSA) is 136 Å². The molecule has 1 saturated carbocycles. The Hall–Kier alpha value is -4.44. The number of aliphatic hydroxyl groups excluding tert-OH is 1. The standard InChI is InChI=1S/C34H36FN7O3S/c1-21(20-43)38-18-22-5-6-27-26(14-22)39-33(40-31(44)29-8-7-28(46-29)23-9-12-37-30(35)15-23)42(27)19-25-4-3-13-41(25)32(45)24(17-36)16-34(2)10-11-34/h5-9,12,14-16,21,25,38,43H,3-4,10-11,13,18-20H2,1-2H3,(H,39,40,44)/t21-,25-/m1/s1. The zero-order valence-electron chi connectivity index (χ0n) is 25.8. The Balaban J connectivity index is 1.29. The number of amides is 2. The van der Waals surface area contributed by atoms with Crippen molar-refractivity contribution in [3.63, 3.8) is 0 Å². The van der Waals surface area contributed by atoms with Gasteiger partial charge < -0.3 is 19.9 Å². The molecule has 0 unspecified atom stereocenters. The van der Waals surface area contributed by atoms with Gasteiger partial charge in [0.05, 0.1) is 28.6 Å². The van der Waals surface area contributed by atoms with Gasteiger partial charge in [0.25, 0.3) is 11.8 Å². The molecule has 1 saturated heterocycles. The molecular formula is C34H36FN7O3S. The molecule has 1 aliphatic carbocycles. The van der Waals surface area contributed by atoms with Gasteiger partial charge in [0.1, 0.15) is 11.6 Å². The number of thiophene rings is 1. The van der Waals surface area contributed by atoms with Crippen LogP contribution in [0, 0.1) is 22.7 Å². The summed E-state index contributed by atoms with van der Waals surface area (Å²) in [6, 6.07) is 14.2. The van der Waals surface area contributed by atoms with E-state index in [0.29, 0.717) is 41.5 Å². The third-order valence-electron chi connectivity index (χ3n) is 8.72. The molecular weight excluding hydrogens is 605 g/mol. The summed E-state index contributed by atoms with van der Waals surface area (Å²) in [6.45, 7) is 5.46. The van der Waals surface area contributed by atoms with Crippen LogP contribution in [-0.2, 0) is 17.9 Å². The molecule has 1 aliphatic heterocycles. The highest BCUT2D eigenvalue weighted by Gasteiger charge is 2.38. The highest BCUT2D eigenvalue weighted by Crippen LogP contribution is 2.47. The van der Waals surface area contributed by atoms with E-state index in [-0.39, 0.29) is 41.5 Å². The zero-order valence-corrected chi connectivity index (χ0v) is 26.6. The second kappa shape index (κ2) is 13.1. The molecule has 4 aromatic rings. The van der Waals surface area contributed by atoms with Crippen LogP contribution in [0.4, 0.5) is 10.3 Å². The van der Waals surface area contributed by atoms with Crippen LogP contribution in [0.5, 0.6) is 0 Å². The fourth-order valence-corrected chi connectivity index (χ4v) is 6.64. The first-order valence-electron chi connectivity index (χ1n) is 15.5. The first-order chi connectivity index (χ1) is 22.2. The van der Waals surface area contributed by atoms with E-state index in [1.165, 1.54) is 23.6 Å². The fraction of sp³-hybridized carbons (Fsp3) is 0.382. The highest BCUT2D eigenvalue weighted by molar-refractivity contribution is 7.17. The lowest BCUT2D eigenvalue weighted by atomic mass is 10.0. The van der Waals surface area contributed by atoms with Gasteiger partial charge in [0.15, 0.2) is 0 Å². The minimum absolute atomic E-state index is 0.0200. The quantitative estimate of drug-likeness (QED) is 0.115. The lowest BCUT2D eigenvalue weighted by molar-refractivity contribution is -0.127. The van der Waals surface area contributed by atoms with Gasteiger partial charge in [-0.1, -0.05) is 19.1 Å². The molecule has 1 aromatic carbocycles. The van der Waals surface area contributed by atoms with Gasteiger partial charge in [-0.15, -0.1) is 11.3 Å². The van der Waals surface area contributed by atoms with Gasteiger partial charge >= 0.3 is 0 Å². The van der Waals surface area contributed by atoms with Crippen molar-refractivity contribution in [1.82, 2.24) is 24.8 Å². The molecule has 12 heteroatoms. The Morgan fingerprint density at radius 1 is 1.26 bits per heavy atom. The van der Waals surface area contributed by atoms with Crippen LogP contribution in [0.15, 0.2) is 60.3 Å². The Labute approximate surface area is 270 Å². The van der Waals surface area contributed by atoms with Crippen LogP contribution in [0.1, 0.15) is 54.8 Å². The number of benzene rings is 1. The van der Waals surface area contributed by atoms with Crippen LogP contribution in [-0.4, -0.2) is 61.6 Å². The Morgan fingerprint density at radius 3 is 2.83 bits per heavy atom. The lowest BCUT2D eigenvalue weighted by Crippen LogP contribution is -2.39.